The zero-order valence-corrected chi connectivity index (χ0v) is 17.1. The number of benzene rings is 2. The van der Waals surface area contributed by atoms with Crippen molar-refractivity contribution >= 4 is 40.5 Å². The van der Waals surface area contributed by atoms with E-state index in [0.29, 0.717) is 16.8 Å². The first-order chi connectivity index (χ1) is 15.6. The molecular weight excluding hydrogens is 404 g/mol. The molecule has 0 fully saturated rings. The molecule has 0 saturated heterocycles. The Morgan fingerprint density at radius 3 is 2.72 bits per heavy atom. The second-order valence-electron chi connectivity index (χ2n) is 7.24. The lowest BCUT2D eigenvalue weighted by molar-refractivity contribution is 0.0600. The summed E-state index contributed by atoms with van der Waals surface area (Å²) >= 11 is 0. The zero-order valence-electron chi connectivity index (χ0n) is 17.1. The number of pyridine rings is 1. The van der Waals surface area contributed by atoms with Crippen molar-refractivity contribution in [3.8, 4) is 5.88 Å². The zero-order chi connectivity index (χ0) is 22.1. The number of aromatic hydroxyl groups is 1. The number of ether oxygens (including phenoxy) is 1. The highest BCUT2D eigenvalue weighted by molar-refractivity contribution is 5.90. The third kappa shape index (κ3) is 3.56. The van der Waals surface area contributed by atoms with E-state index < -0.39 is 0 Å². The van der Waals surface area contributed by atoms with E-state index in [0.717, 1.165) is 32.8 Å². The van der Waals surface area contributed by atoms with Crippen LogP contribution in [0, 0.1) is 0 Å². The number of esters is 1. The highest BCUT2D eigenvalue weighted by Crippen LogP contribution is 2.26. The van der Waals surface area contributed by atoms with Crippen LogP contribution in [0.3, 0.4) is 0 Å². The number of rotatable bonds is 4. The Labute approximate surface area is 182 Å². The van der Waals surface area contributed by atoms with Crippen LogP contribution in [-0.4, -0.2) is 28.2 Å². The van der Waals surface area contributed by atoms with Gasteiger partial charge in [-0.15, -0.1) is 10.2 Å². The molecule has 3 heterocycles. The number of carbonyl (C=O) groups excluding carboxylic acids is 1. The van der Waals surface area contributed by atoms with Gasteiger partial charge in [-0.05, 0) is 59.3 Å². The minimum atomic E-state index is -0.363. The molecule has 2 aromatic heterocycles. The molecule has 5 rings (SSSR count). The summed E-state index contributed by atoms with van der Waals surface area (Å²) in [6, 6.07) is 16.7. The fraction of sp³-hybridized carbons (Fsp3) is 0.0400. The summed E-state index contributed by atoms with van der Waals surface area (Å²) in [5, 5.41) is 21.5. The molecule has 4 aromatic rings. The fourth-order valence-electron chi connectivity index (χ4n) is 3.59. The number of H-pyrrole nitrogens is 1. The van der Waals surface area contributed by atoms with Crippen molar-refractivity contribution in [3.63, 3.8) is 0 Å². The Morgan fingerprint density at radius 2 is 1.91 bits per heavy atom. The van der Waals surface area contributed by atoms with Crippen molar-refractivity contribution in [1.29, 1.82) is 0 Å². The number of azo groups is 1. The van der Waals surface area contributed by atoms with Gasteiger partial charge in [-0.3, -0.25) is 0 Å². The number of aromatic amines is 1. The van der Waals surface area contributed by atoms with Crippen molar-refractivity contribution in [2.24, 2.45) is 10.2 Å². The average Bonchev–Trinajstić information content (AvgIpc) is 3.37. The van der Waals surface area contributed by atoms with Gasteiger partial charge in [0, 0.05) is 22.4 Å². The van der Waals surface area contributed by atoms with Crippen molar-refractivity contribution in [2.75, 3.05) is 7.11 Å². The molecule has 1 aliphatic heterocycles. The van der Waals surface area contributed by atoms with E-state index in [2.05, 4.69) is 20.2 Å². The average molecular weight is 422 g/mol. The minimum Gasteiger partial charge on any atom is -0.494 e. The van der Waals surface area contributed by atoms with E-state index in [9.17, 15) is 9.90 Å². The largest absolute Gasteiger partial charge is 0.494 e. The number of hydrogen-bond donors (Lipinski definition) is 2. The highest BCUT2D eigenvalue weighted by atomic mass is 16.5. The quantitative estimate of drug-likeness (QED) is 0.489. The van der Waals surface area contributed by atoms with Gasteiger partial charge in [0.15, 0.2) is 5.88 Å². The summed E-state index contributed by atoms with van der Waals surface area (Å²) in [6.45, 7) is 0. The van der Waals surface area contributed by atoms with Gasteiger partial charge in [0.25, 0.3) is 0 Å². The molecule has 0 atom stereocenters. The van der Waals surface area contributed by atoms with Crippen molar-refractivity contribution < 1.29 is 14.6 Å². The number of nitrogens with one attached hydrogen (secondary N) is 1. The number of fused-ring (bicyclic) bond motifs is 2. The molecule has 0 spiro atoms. The molecule has 2 aromatic carbocycles. The summed E-state index contributed by atoms with van der Waals surface area (Å²) in [4.78, 5) is 18.7. The lowest BCUT2D eigenvalue weighted by atomic mass is 10.1. The Bertz CT molecular complexity index is 1530. The molecule has 0 bridgehead atoms. The van der Waals surface area contributed by atoms with Crippen molar-refractivity contribution in [1.82, 2.24) is 9.97 Å². The topological polar surface area (TPSA) is 99.9 Å². The van der Waals surface area contributed by atoms with Gasteiger partial charge < -0.3 is 14.8 Å². The van der Waals surface area contributed by atoms with Gasteiger partial charge in [-0.2, -0.15) is 0 Å². The predicted molar refractivity (Wildman–Crippen MR) is 122 cm³/mol. The number of carbonyl (C=O) groups is 1. The second-order valence-corrected chi connectivity index (χ2v) is 7.24. The number of nitrogens with zero attached hydrogens (tertiary/aromatic N) is 3. The molecule has 32 heavy (non-hydrogen) atoms. The lowest BCUT2D eigenvalue weighted by Gasteiger charge is -1.99. The molecule has 0 aliphatic carbocycles. The summed E-state index contributed by atoms with van der Waals surface area (Å²) < 4.78 is 4.72. The highest BCUT2D eigenvalue weighted by Gasteiger charge is 2.10. The van der Waals surface area contributed by atoms with Gasteiger partial charge in [-0.1, -0.05) is 24.3 Å². The smallest absolute Gasteiger partial charge is 0.337 e. The molecule has 1 aliphatic rings. The Balaban J connectivity index is 1.46. The Morgan fingerprint density at radius 1 is 1.06 bits per heavy atom. The molecule has 156 valence electrons. The molecule has 0 unspecified atom stereocenters. The SMILES string of the molecule is COC(=O)c1ccc(/C=C/C2=c3ccc(=Cc4c(O)[nH]c5ncccc45)cc3N=N2)cc1. The molecular formula is C25H18N4O3. The molecule has 7 heteroatoms. The number of aromatic nitrogens is 2. The molecule has 0 saturated carbocycles. The Hall–Kier alpha value is -4.52. The fourth-order valence-corrected chi connectivity index (χ4v) is 3.59. The molecule has 7 nitrogen and oxygen atoms in total. The minimum absolute atomic E-state index is 0.0780. The molecule has 0 amide bonds. The standard InChI is InChI=1S/C25H18N4O3/c1-32-25(31)17-8-4-15(5-9-17)7-11-21-19-10-6-16(14-22(19)29-28-21)13-20-18-3-2-12-26-23(18)27-24(20)30/h2-14,30H,1H3,(H,26,27)/b11-7+,16-13?. The van der Waals surface area contributed by atoms with Crippen LogP contribution in [0.5, 0.6) is 5.88 Å². The van der Waals surface area contributed by atoms with Crippen molar-refractivity contribution in [2.45, 2.75) is 0 Å². The first-order valence-electron chi connectivity index (χ1n) is 9.92. The number of hydrogen-bond acceptors (Lipinski definition) is 6. The van der Waals surface area contributed by atoms with Crippen LogP contribution in [0.2, 0.25) is 0 Å². The van der Waals surface area contributed by atoms with E-state index in [-0.39, 0.29) is 11.8 Å². The second kappa shape index (κ2) is 7.96. The number of methoxy groups -OCH3 is 1. The van der Waals surface area contributed by atoms with Gasteiger partial charge >= 0.3 is 5.97 Å². The van der Waals surface area contributed by atoms with Crippen LogP contribution in [0.1, 0.15) is 21.5 Å². The molecule has 2 N–H and O–H groups in total. The summed E-state index contributed by atoms with van der Waals surface area (Å²) in [6.07, 6.45) is 7.38. The maximum absolute atomic E-state index is 11.5. The van der Waals surface area contributed by atoms with Crippen LogP contribution in [0.4, 0.5) is 5.69 Å². The van der Waals surface area contributed by atoms with E-state index in [1.165, 1.54) is 7.11 Å². The third-order valence-electron chi connectivity index (χ3n) is 5.23. The van der Waals surface area contributed by atoms with E-state index in [4.69, 9.17) is 4.74 Å². The first-order valence-corrected chi connectivity index (χ1v) is 9.92. The van der Waals surface area contributed by atoms with Crippen LogP contribution in [0.15, 0.2) is 77.1 Å². The monoisotopic (exact) mass is 422 g/mol. The van der Waals surface area contributed by atoms with Gasteiger partial charge in [0.05, 0.1) is 24.1 Å². The van der Waals surface area contributed by atoms with Crippen LogP contribution < -0.4 is 10.4 Å². The van der Waals surface area contributed by atoms with Crippen LogP contribution >= 0.6 is 0 Å². The summed E-state index contributed by atoms with van der Waals surface area (Å²) in [5.41, 5.74) is 4.27. The maximum Gasteiger partial charge on any atom is 0.337 e. The normalized spacial score (nSPS) is 13.3. The molecule has 0 radical (unpaired) electrons. The first kappa shape index (κ1) is 19.4. The van der Waals surface area contributed by atoms with E-state index >= 15 is 0 Å². The summed E-state index contributed by atoms with van der Waals surface area (Å²) in [7, 11) is 1.36. The predicted octanol–water partition coefficient (Wildman–Crippen LogP) is 3.80. The van der Waals surface area contributed by atoms with Crippen LogP contribution in [0.25, 0.3) is 28.9 Å². The summed E-state index contributed by atoms with van der Waals surface area (Å²) in [5.74, 6) is -0.285. The van der Waals surface area contributed by atoms with Crippen LogP contribution in [-0.2, 0) is 4.74 Å². The van der Waals surface area contributed by atoms with Gasteiger partial charge in [0.1, 0.15) is 5.65 Å². The third-order valence-corrected chi connectivity index (χ3v) is 5.23. The van der Waals surface area contributed by atoms with Gasteiger partial charge in [0.2, 0.25) is 0 Å². The van der Waals surface area contributed by atoms with E-state index in [1.807, 2.05) is 60.7 Å². The Kier molecular flexibility index (Phi) is 4.84. The van der Waals surface area contributed by atoms with E-state index in [1.54, 1.807) is 18.3 Å². The maximum atomic E-state index is 11.5. The lowest BCUT2D eigenvalue weighted by Crippen LogP contribution is -2.08. The van der Waals surface area contributed by atoms with Gasteiger partial charge in [-0.25, -0.2) is 9.78 Å². The van der Waals surface area contributed by atoms with Crippen molar-refractivity contribution in [3.05, 3.63) is 94.0 Å².